The largest absolute Gasteiger partial charge is 0.472 e. The minimum atomic E-state index is -4.84. The van der Waals surface area contributed by atoms with Crippen LogP contribution >= 0.6 is 0 Å². The number of rotatable bonds is 6. The number of halogens is 4. The molecule has 7 heterocycles. The van der Waals surface area contributed by atoms with Gasteiger partial charge in [0.25, 0.3) is 0 Å². The number of nitrogens with zero attached hydrogens (tertiary/aromatic N) is 6. The average Bonchev–Trinajstić information content (AvgIpc) is 3.49. The van der Waals surface area contributed by atoms with Gasteiger partial charge in [0, 0.05) is 62.1 Å². The Balaban J connectivity index is 1.21. The summed E-state index contributed by atoms with van der Waals surface area (Å²) in [7, 11) is 0. The summed E-state index contributed by atoms with van der Waals surface area (Å²) < 4.78 is 77.8. The Morgan fingerprint density at radius 2 is 1.89 bits per heavy atom. The van der Waals surface area contributed by atoms with Crippen LogP contribution in [0.2, 0.25) is 0 Å². The Morgan fingerprint density at radius 3 is 2.61 bits per heavy atom. The van der Waals surface area contributed by atoms with Crippen molar-refractivity contribution in [2.45, 2.75) is 45.0 Å². The van der Waals surface area contributed by atoms with Crippen molar-refractivity contribution in [2.24, 2.45) is 17.3 Å². The zero-order valence-corrected chi connectivity index (χ0v) is 25.7. The zero-order chi connectivity index (χ0) is 32.0. The van der Waals surface area contributed by atoms with E-state index in [1.165, 1.54) is 6.92 Å². The van der Waals surface area contributed by atoms with Gasteiger partial charge in [-0.15, -0.1) is 0 Å². The average molecular weight is 645 g/mol. The lowest BCUT2D eigenvalue weighted by Crippen LogP contribution is -2.56. The topological polar surface area (TPSA) is 124 Å². The predicted octanol–water partition coefficient (Wildman–Crippen LogP) is 3.43. The van der Waals surface area contributed by atoms with Gasteiger partial charge >= 0.3 is 12.2 Å². The van der Waals surface area contributed by atoms with E-state index in [-0.39, 0.29) is 45.8 Å². The summed E-state index contributed by atoms with van der Waals surface area (Å²) in [5.41, 5.74) is 2.98. The van der Waals surface area contributed by atoms with Crippen LogP contribution in [0.3, 0.4) is 0 Å². The molecule has 3 aromatic rings. The molecule has 2 unspecified atom stereocenters. The third-order valence-electron chi connectivity index (χ3n) is 10.2. The van der Waals surface area contributed by atoms with Crippen molar-refractivity contribution in [3.8, 4) is 23.1 Å². The van der Waals surface area contributed by atoms with Crippen LogP contribution in [0.15, 0.2) is 6.07 Å². The van der Waals surface area contributed by atoms with Crippen molar-refractivity contribution in [1.82, 2.24) is 30.2 Å². The first-order valence-electron chi connectivity index (χ1n) is 15.8. The van der Waals surface area contributed by atoms with E-state index in [0.717, 1.165) is 51.8 Å². The summed E-state index contributed by atoms with van der Waals surface area (Å²) >= 11 is 0. The molecular formula is C31H36F4N8O3. The fourth-order valence-electron chi connectivity index (χ4n) is 7.67. The third kappa shape index (κ3) is 5.07. The lowest BCUT2D eigenvalue weighted by Gasteiger charge is -2.38. The Hall–Kier alpha value is -3.56. The number of aromatic nitrogens is 4. The molecule has 4 aliphatic heterocycles. The molecule has 0 aromatic carbocycles. The second-order valence-corrected chi connectivity index (χ2v) is 13.5. The fraction of sp³-hybridized carbons (Fsp3) is 0.613. The van der Waals surface area contributed by atoms with Crippen LogP contribution in [-0.2, 0) is 10.9 Å². The van der Waals surface area contributed by atoms with Crippen molar-refractivity contribution in [3.63, 3.8) is 0 Å². The van der Waals surface area contributed by atoms with Gasteiger partial charge in [0.15, 0.2) is 5.82 Å². The van der Waals surface area contributed by atoms with E-state index in [2.05, 4.69) is 25.2 Å². The van der Waals surface area contributed by atoms with E-state index in [9.17, 15) is 13.2 Å². The zero-order valence-electron chi connectivity index (χ0n) is 25.7. The Labute approximate surface area is 262 Å². The van der Waals surface area contributed by atoms with E-state index < -0.39 is 34.9 Å². The molecule has 8 rings (SSSR count). The van der Waals surface area contributed by atoms with Crippen LogP contribution in [0.25, 0.3) is 22.2 Å². The molecule has 46 heavy (non-hydrogen) atoms. The number of anilines is 2. The van der Waals surface area contributed by atoms with Gasteiger partial charge in [0.05, 0.1) is 37.1 Å². The number of hydrogen-bond donors (Lipinski definition) is 2. The minimum absolute atomic E-state index is 0.0317. The van der Waals surface area contributed by atoms with Crippen LogP contribution in [0.1, 0.15) is 31.0 Å². The van der Waals surface area contributed by atoms with Crippen LogP contribution in [0, 0.1) is 30.0 Å². The molecule has 0 radical (unpaired) electrons. The maximum Gasteiger partial charge on any atom is 0.418 e. The number of fused-ring (bicyclic) bond motifs is 3. The number of alkyl halides is 3. The van der Waals surface area contributed by atoms with Gasteiger partial charge in [0.1, 0.15) is 34.3 Å². The number of pyridine rings is 2. The van der Waals surface area contributed by atoms with Crippen molar-refractivity contribution >= 4 is 22.5 Å². The fourth-order valence-corrected chi connectivity index (χ4v) is 7.67. The summed E-state index contributed by atoms with van der Waals surface area (Å²) in [6, 6.07) is 0.761. The summed E-state index contributed by atoms with van der Waals surface area (Å²) in [5, 5.41) is 3.55. The third-order valence-corrected chi connectivity index (χ3v) is 10.2. The molecule has 3 aromatic heterocycles. The Kier molecular flexibility index (Phi) is 6.96. The van der Waals surface area contributed by atoms with E-state index in [1.807, 2.05) is 11.8 Å². The van der Waals surface area contributed by atoms with Gasteiger partial charge in [-0.3, -0.25) is 0 Å². The molecule has 3 N–H and O–H groups in total. The van der Waals surface area contributed by atoms with Crippen LogP contribution in [-0.4, -0.2) is 96.1 Å². The van der Waals surface area contributed by atoms with Gasteiger partial charge in [-0.05, 0) is 32.8 Å². The van der Waals surface area contributed by atoms with E-state index in [0.29, 0.717) is 43.9 Å². The number of nitrogens with two attached hydrogens (primary N) is 1. The number of ether oxygens (including phenoxy) is 3. The standard InChI is InChI=1S/C31H36F4N8O3/c1-15-23(31(33,34)35)19(7-21(36)38-15)25-24(32)26-22-27(43-6-5-37-8-20(43)16(2)46-28(22)39-25)41-29(40-26)45-14-30(3-4-30)13-42-9-17-11-44-12-18(17)10-42/h7,16-18,20,37H,3-6,8-14H2,1-2H3,(H2,36,38)/t16-,17?,18?,20-/m0/s1. The Bertz CT molecular complexity index is 1690. The number of aryl methyl sites for hydroxylation is 1. The molecule has 0 bridgehead atoms. The molecule has 15 heteroatoms. The smallest absolute Gasteiger partial charge is 0.418 e. The maximum atomic E-state index is 16.7. The molecule has 0 amide bonds. The second-order valence-electron chi connectivity index (χ2n) is 13.5. The van der Waals surface area contributed by atoms with E-state index in [1.54, 1.807) is 0 Å². The van der Waals surface area contributed by atoms with Crippen LogP contribution in [0.5, 0.6) is 11.9 Å². The lowest BCUT2D eigenvalue weighted by atomic mass is 10.0. The minimum Gasteiger partial charge on any atom is -0.472 e. The number of hydrogen-bond acceptors (Lipinski definition) is 11. The maximum absolute atomic E-state index is 16.7. The van der Waals surface area contributed by atoms with Gasteiger partial charge in [-0.2, -0.15) is 23.1 Å². The Morgan fingerprint density at radius 1 is 1.13 bits per heavy atom. The highest BCUT2D eigenvalue weighted by molar-refractivity contribution is 5.97. The molecule has 246 valence electrons. The SMILES string of the molecule is Cc1nc(N)cc(-c2nc3c4c(nc(OCC5(CN6CC7COCC7C6)CC5)nc4c2F)N2CCNC[C@H]2[C@H](C)O3)c1C(F)(F)F. The van der Waals surface area contributed by atoms with Gasteiger partial charge in [-0.25, -0.2) is 14.4 Å². The molecule has 0 spiro atoms. The summed E-state index contributed by atoms with van der Waals surface area (Å²) in [6.45, 7) is 9.69. The molecule has 5 aliphatic rings. The molecule has 4 fully saturated rings. The van der Waals surface area contributed by atoms with Crippen molar-refractivity contribution in [2.75, 3.05) is 69.7 Å². The normalized spacial score (nSPS) is 26.9. The summed E-state index contributed by atoms with van der Waals surface area (Å²) in [6.07, 6.45) is -3.30. The van der Waals surface area contributed by atoms with Crippen LogP contribution < -0.4 is 25.4 Å². The number of likely N-dealkylation sites (tertiary alicyclic amines) is 1. The lowest BCUT2D eigenvalue weighted by molar-refractivity contribution is -0.137. The first-order valence-corrected chi connectivity index (χ1v) is 15.8. The quantitative estimate of drug-likeness (QED) is 0.384. The first kappa shape index (κ1) is 29.8. The monoisotopic (exact) mass is 644 g/mol. The number of nitrogens with one attached hydrogen (secondary N) is 1. The van der Waals surface area contributed by atoms with Gasteiger partial charge < -0.3 is 35.1 Å². The molecule has 4 atom stereocenters. The summed E-state index contributed by atoms with van der Waals surface area (Å²) in [5.74, 6) is 0.264. The number of piperazine rings is 1. The molecule has 3 saturated heterocycles. The van der Waals surface area contributed by atoms with Crippen molar-refractivity contribution in [1.29, 1.82) is 0 Å². The van der Waals surface area contributed by atoms with Gasteiger partial charge in [0.2, 0.25) is 5.88 Å². The van der Waals surface area contributed by atoms with E-state index >= 15 is 4.39 Å². The highest BCUT2D eigenvalue weighted by Crippen LogP contribution is 2.49. The van der Waals surface area contributed by atoms with Gasteiger partial charge in [-0.1, -0.05) is 0 Å². The van der Waals surface area contributed by atoms with Crippen molar-refractivity contribution < 1.29 is 31.8 Å². The summed E-state index contributed by atoms with van der Waals surface area (Å²) in [4.78, 5) is 21.9. The molecule has 1 aliphatic carbocycles. The van der Waals surface area contributed by atoms with E-state index in [4.69, 9.17) is 24.9 Å². The molecule has 11 nitrogen and oxygen atoms in total. The van der Waals surface area contributed by atoms with Crippen LogP contribution in [0.4, 0.5) is 29.2 Å². The second kappa shape index (κ2) is 10.7. The first-order chi connectivity index (χ1) is 22.0. The molecular weight excluding hydrogens is 608 g/mol. The highest BCUT2D eigenvalue weighted by atomic mass is 19.4. The highest BCUT2D eigenvalue weighted by Gasteiger charge is 2.48. The predicted molar refractivity (Wildman–Crippen MR) is 160 cm³/mol. The number of nitrogen functional groups attached to an aromatic ring is 1. The molecule has 1 saturated carbocycles. The van der Waals surface area contributed by atoms with Crippen molar-refractivity contribution in [3.05, 3.63) is 23.1 Å².